The van der Waals surface area contributed by atoms with Gasteiger partial charge in [0.1, 0.15) is 5.82 Å². The first-order valence-corrected chi connectivity index (χ1v) is 5.25. The molecule has 1 aromatic heterocycles. The lowest BCUT2D eigenvalue weighted by atomic mass is 10.2. The minimum atomic E-state index is -1.06. The normalized spacial score (nSPS) is 9.39. The van der Waals surface area contributed by atoms with E-state index in [0.717, 1.165) is 0 Å². The summed E-state index contributed by atoms with van der Waals surface area (Å²) in [6.07, 6.45) is 1.65. The van der Waals surface area contributed by atoms with Crippen molar-refractivity contribution in [3.05, 3.63) is 53.2 Å². The Balaban J connectivity index is 0.00000162. The van der Waals surface area contributed by atoms with E-state index in [1.54, 1.807) is 24.4 Å². The molecule has 0 spiro atoms. The highest BCUT2D eigenvalue weighted by Crippen LogP contribution is 2.22. The summed E-state index contributed by atoms with van der Waals surface area (Å²) in [4.78, 5) is 15.0. The third-order valence-electron chi connectivity index (χ3n) is 2.13. The number of carboxylic acids is 1. The number of rotatable bonds is 3. The number of anilines is 2. The summed E-state index contributed by atoms with van der Waals surface area (Å²) in [5.41, 5.74) is 0.693. The Kier molecular flexibility index (Phi) is 4.95. The van der Waals surface area contributed by atoms with Crippen LogP contribution in [0.4, 0.5) is 11.5 Å². The van der Waals surface area contributed by atoms with Crippen molar-refractivity contribution >= 4 is 41.5 Å². The number of halogens is 2. The van der Waals surface area contributed by atoms with E-state index in [1.807, 2.05) is 6.07 Å². The molecule has 6 heteroatoms. The molecular formula is C12H10Cl2N2O2. The van der Waals surface area contributed by atoms with Crippen molar-refractivity contribution in [1.82, 2.24) is 4.98 Å². The van der Waals surface area contributed by atoms with Gasteiger partial charge in [0.25, 0.3) is 0 Å². The van der Waals surface area contributed by atoms with E-state index in [4.69, 9.17) is 16.7 Å². The number of pyridine rings is 1. The Morgan fingerprint density at radius 1 is 1.28 bits per heavy atom. The molecule has 94 valence electrons. The molecule has 1 aromatic carbocycles. The van der Waals surface area contributed by atoms with Crippen LogP contribution in [0.15, 0.2) is 42.6 Å². The van der Waals surface area contributed by atoms with Gasteiger partial charge in [-0.25, -0.2) is 9.78 Å². The lowest BCUT2D eigenvalue weighted by molar-refractivity contribution is 0.0697. The molecule has 2 rings (SSSR count). The van der Waals surface area contributed by atoms with Crippen LogP contribution in [0.25, 0.3) is 0 Å². The van der Waals surface area contributed by atoms with Gasteiger partial charge in [-0.05, 0) is 30.3 Å². The number of nitrogens with one attached hydrogen (secondary N) is 1. The van der Waals surface area contributed by atoms with Gasteiger partial charge >= 0.3 is 5.97 Å². The van der Waals surface area contributed by atoms with E-state index in [2.05, 4.69) is 10.3 Å². The summed E-state index contributed by atoms with van der Waals surface area (Å²) < 4.78 is 0. The van der Waals surface area contributed by atoms with Crippen molar-refractivity contribution in [1.29, 1.82) is 0 Å². The zero-order valence-corrected chi connectivity index (χ0v) is 10.7. The van der Waals surface area contributed by atoms with E-state index in [0.29, 0.717) is 11.5 Å². The van der Waals surface area contributed by atoms with Crippen molar-refractivity contribution in [2.45, 2.75) is 0 Å². The van der Waals surface area contributed by atoms with Gasteiger partial charge < -0.3 is 10.4 Å². The van der Waals surface area contributed by atoms with Crippen molar-refractivity contribution in [3.8, 4) is 0 Å². The summed E-state index contributed by atoms with van der Waals surface area (Å²) in [5, 5.41) is 12.1. The molecule has 0 aliphatic carbocycles. The van der Waals surface area contributed by atoms with E-state index in [1.165, 1.54) is 12.1 Å². The van der Waals surface area contributed by atoms with E-state index in [-0.39, 0.29) is 23.0 Å². The predicted molar refractivity (Wildman–Crippen MR) is 73.2 cm³/mol. The number of benzene rings is 1. The standard InChI is InChI=1S/C12H9ClN2O2.ClH/c13-10-5-4-8(7-9(10)12(16)17)15-11-3-1-2-6-14-11;/h1-7H,(H,14,15)(H,16,17);1H. The maximum absolute atomic E-state index is 10.9. The Morgan fingerprint density at radius 3 is 2.67 bits per heavy atom. The minimum Gasteiger partial charge on any atom is -0.478 e. The molecule has 18 heavy (non-hydrogen) atoms. The first kappa shape index (κ1) is 14.3. The molecule has 0 aliphatic rings. The highest BCUT2D eigenvalue weighted by molar-refractivity contribution is 6.33. The number of carboxylic acid groups (broad SMARTS) is 1. The highest BCUT2D eigenvalue weighted by Gasteiger charge is 2.09. The van der Waals surface area contributed by atoms with Crippen LogP contribution in [-0.4, -0.2) is 16.1 Å². The first-order valence-electron chi connectivity index (χ1n) is 4.88. The lowest BCUT2D eigenvalue weighted by Gasteiger charge is -2.06. The van der Waals surface area contributed by atoms with Crippen LogP contribution >= 0.6 is 24.0 Å². The quantitative estimate of drug-likeness (QED) is 0.904. The summed E-state index contributed by atoms with van der Waals surface area (Å²) in [5.74, 6) is -0.411. The average molecular weight is 285 g/mol. The third kappa shape index (κ3) is 3.35. The minimum absolute atomic E-state index is 0. The molecular weight excluding hydrogens is 275 g/mol. The zero-order chi connectivity index (χ0) is 12.3. The smallest absolute Gasteiger partial charge is 0.337 e. The average Bonchev–Trinajstić information content (AvgIpc) is 2.32. The third-order valence-corrected chi connectivity index (χ3v) is 2.46. The number of aromatic nitrogens is 1. The topological polar surface area (TPSA) is 62.2 Å². The molecule has 2 N–H and O–H groups in total. The number of nitrogens with zero attached hydrogens (tertiary/aromatic N) is 1. The molecule has 0 saturated heterocycles. The monoisotopic (exact) mass is 284 g/mol. The van der Waals surface area contributed by atoms with Crippen LogP contribution in [0.1, 0.15) is 10.4 Å². The zero-order valence-electron chi connectivity index (χ0n) is 9.13. The highest BCUT2D eigenvalue weighted by atomic mass is 35.5. The van der Waals surface area contributed by atoms with Crippen LogP contribution in [-0.2, 0) is 0 Å². The van der Waals surface area contributed by atoms with Crippen LogP contribution in [0.3, 0.4) is 0 Å². The maximum atomic E-state index is 10.9. The molecule has 1 heterocycles. The largest absolute Gasteiger partial charge is 0.478 e. The first-order chi connectivity index (χ1) is 8.16. The van der Waals surface area contributed by atoms with Gasteiger partial charge in [-0.1, -0.05) is 17.7 Å². The fourth-order valence-corrected chi connectivity index (χ4v) is 1.55. The van der Waals surface area contributed by atoms with E-state index in [9.17, 15) is 4.79 Å². The Hall–Kier alpha value is -1.78. The maximum Gasteiger partial charge on any atom is 0.337 e. The molecule has 0 amide bonds. The van der Waals surface area contributed by atoms with Crippen LogP contribution in [0.5, 0.6) is 0 Å². The molecule has 2 aromatic rings. The SMILES string of the molecule is Cl.O=C(O)c1cc(Nc2ccccn2)ccc1Cl. The van der Waals surface area contributed by atoms with Crippen LogP contribution in [0.2, 0.25) is 5.02 Å². The molecule has 0 radical (unpaired) electrons. The van der Waals surface area contributed by atoms with Crippen molar-refractivity contribution in [2.24, 2.45) is 0 Å². The fourth-order valence-electron chi connectivity index (χ4n) is 1.35. The lowest BCUT2D eigenvalue weighted by Crippen LogP contribution is -1.99. The van der Waals surface area contributed by atoms with Gasteiger partial charge in [0.05, 0.1) is 10.6 Å². The number of hydrogen-bond donors (Lipinski definition) is 2. The molecule has 0 atom stereocenters. The van der Waals surface area contributed by atoms with Crippen molar-refractivity contribution in [2.75, 3.05) is 5.32 Å². The predicted octanol–water partition coefficient (Wildman–Crippen LogP) is 3.60. The summed E-state index contributed by atoms with van der Waals surface area (Å²) in [7, 11) is 0. The van der Waals surface area contributed by atoms with Gasteiger partial charge in [-0.2, -0.15) is 0 Å². The van der Waals surface area contributed by atoms with E-state index < -0.39 is 5.97 Å². The molecule has 0 saturated carbocycles. The van der Waals surface area contributed by atoms with Crippen molar-refractivity contribution < 1.29 is 9.90 Å². The van der Waals surface area contributed by atoms with Gasteiger partial charge in [-0.15, -0.1) is 12.4 Å². The van der Waals surface area contributed by atoms with Crippen LogP contribution < -0.4 is 5.32 Å². The Labute approximate surface area is 115 Å². The number of hydrogen-bond acceptors (Lipinski definition) is 3. The second kappa shape index (κ2) is 6.23. The van der Waals surface area contributed by atoms with Crippen LogP contribution in [0, 0.1) is 0 Å². The summed E-state index contributed by atoms with van der Waals surface area (Å²) in [6.45, 7) is 0. The summed E-state index contributed by atoms with van der Waals surface area (Å²) >= 11 is 5.77. The van der Waals surface area contributed by atoms with Gasteiger partial charge in [0.15, 0.2) is 0 Å². The molecule has 0 bridgehead atoms. The van der Waals surface area contributed by atoms with Gasteiger partial charge in [0.2, 0.25) is 0 Å². The Morgan fingerprint density at radius 2 is 2.06 bits per heavy atom. The fraction of sp³-hybridized carbons (Fsp3) is 0. The van der Waals surface area contributed by atoms with E-state index >= 15 is 0 Å². The molecule has 0 unspecified atom stereocenters. The van der Waals surface area contributed by atoms with Crippen molar-refractivity contribution in [3.63, 3.8) is 0 Å². The number of carbonyl (C=O) groups is 1. The number of aromatic carboxylic acids is 1. The molecule has 0 fully saturated rings. The second-order valence-electron chi connectivity index (χ2n) is 3.34. The Bertz CT molecular complexity index is 547. The van der Waals surface area contributed by atoms with Gasteiger partial charge in [-0.3, -0.25) is 0 Å². The molecule has 4 nitrogen and oxygen atoms in total. The summed E-state index contributed by atoms with van der Waals surface area (Å²) in [6, 6.07) is 10.1. The van der Waals surface area contributed by atoms with Gasteiger partial charge in [0, 0.05) is 11.9 Å². The second-order valence-corrected chi connectivity index (χ2v) is 3.75. The molecule has 0 aliphatic heterocycles.